The van der Waals surface area contributed by atoms with Crippen molar-refractivity contribution in [1.82, 2.24) is 4.90 Å². The quantitative estimate of drug-likeness (QED) is 0.729. The van der Waals surface area contributed by atoms with Crippen molar-refractivity contribution in [3.05, 3.63) is 60.2 Å². The van der Waals surface area contributed by atoms with Gasteiger partial charge in [0.2, 0.25) is 5.91 Å². The summed E-state index contributed by atoms with van der Waals surface area (Å²) in [6.45, 7) is 7.46. The summed E-state index contributed by atoms with van der Waals surface area (Å²) in [4.78, 5) is 17.2. The van der Waals surface area contributed by atoms with Crippen molar-refractivity contribution >= 4 is 23.4 Å². The molecule has 5 heteroatoms. The molecule has 2 aromatic carbocycles. The molecular formula is C25H31N3O2. The van der Waals surface area contributed by atoms with Crippen molar-refractivity contribution in [2.75, 3.05) is 36.9 Å². The SMILES string of the molecule is CC(C)Oc1ccc(C=CC(=O)Nc2ccc(N3CC[C@H]4CN(C)C[C@H]43)cc2)cc1. The fraction of sp³-hybridized carbons (Fsp3) is 0.400. The lowest BCUT2D eigenvalue weighted by Gasteiger charge is -2.26. The number of nitrogens with one attached hydrogen (secondary N) is 1. The van der Waals surface area contributed by atoms with Crippen LogP contribution in [0.3, 0.4) is 0 Å². The third kappa shape index (κ3) is 4.85. The second-order valence-electron chi connectivity index (χ2n) is 8.64. The molecule has 0 aliphatic carbocycles. The van der Waals surface area contributed by atoms with Crippen LogP contribution in [0, 0.1) is 5.92 Å². The zero-order valence-corrected chi connectivity index (χ0v) is 18.0. The van der Waals surface area contributed by atoms with Gasteiger partial charge in [0.25, 0.3) is 0 Å². The predicted molar refractivity (Wildman–Crippen MR) is 123 cm³/mol. The number of fused-ring (bicyclic) bond motifs is 1. The van der Waals surface area contributed by atoms with Crippen LogP contribution in [0.25, 0.3) is 6.08 Å². The van der Waals surface area contributed by atoms with E-state index < -0.39 is 0 Å². The van der Waals surface area contributed by atoms with Crippen LogP contribution in [0.15, 0.2) is 54.6 Å². The van der Waals surface area contributed by atoms with E-state index in [9.17, 15) is 4.79 Å². The molecule has 0 radical (unpaired) electrons. The Labute approximate surface area is 179 Å². The van der Waals surface area contributed by atoms with E-state index in [4.69, 9.17) is 4.74 Å². The number of anilines is 2. The lowest BCUT2D eigenvalue weighted by Crippen LogP contribution is -2.34. The maximum absolute atomic E-state index is 12.3. The van der Waals surface area contributed by atoms with E-state index in [-0.39, 0.29) is 12.0 Å². The van der Waals surface area contributed by atoms with Crippen molar-refractivity contribution in [3.63, 3.8) is 0 Å². The van der Waals surface area contributed by atoms with Gasteiger partial charge in [-0.15, -0.1) is 0 Å². The molecule has 2 aliphatic heterocycles. The Hall–Kier alpha value is -2.79. The van der Waals surface area contributed by atoms with Gasteiger partial charge in [0.15, 0.2) is 0 Å². The van der Waals surface area contributed by atoms with Crippen LogP contribution in [0.1, 0.15) is 25.8 Å². The highest BCUT2D eigenvalue weighted by molar-refractivity contribution is 6.02. The van der Waals surface area contributed by atoms with Gasteiger partial charge in [0, 0.05) is 43.1 Å². The van der Waals surface area contributed by atoms with Crippen molar-refractivity contribution < 1.29 is 9.53 Å². The zero-order chi connectivity index (χ0) is 21.1. The molecule has 30 heavy (non-hydrogen) atoms. The van der Waals surface area contributed by atoms with Crippen LogP contribution in [0.2, 0.25) is 0 Å². The monoisotopic (exact) mass is 405 g/mol. The van der Waals surface area contributed by atoms with Gasteiger partial charge < -0.3 is 19.9 Å². The number of rotatable bonds is 6. The summed E-state index contributed by atoms with van der Waals surface area (Å²) < 4.78 is 5.64. The molecule has 4 rings (SSSR count). The number of benzene rings is 2. The van der Waals surface area contributed by atoms with Gasteiger partial charge in [-0.3, -0.25) is 4.79 Å². The normalized spacial score (nSPS) is 21.4. The van der Waals surface area contributed by atoms with E-state index in [0.29, 0.717) is 6.04 Å². The van der Waals surface area contributed by atoms with Gasteiger partial charge in [-0.05, 0) is 81.3 Å². The topological polar surface area (TPSA) is 44.8 Å². The smallest absolute Gasteiger partial charge is 0.248 e. The number of likely N-dealkylation sites (tertiary alicyclic amines) is 1. The molecule has 2 heterocycles. The highest BCUT2D eigenvalue weighted by atomic mass is 16.5. The zero-order valence-electron chi connectivity index (χ0n) is 18.0. The Bertz CT molecular complexity index is 890. The Morgan fingerprint density at radius 1 is 1.10 bits per heavy atom. The van der Waals surface area contributed by atoms with E-state index in [2.05, 4.69) is 34.3 Å². The van der Waals surface area contributed by atoms with Crippen LogP contribution < -0.4 is 15.0 Å². The fourth-order valence-electron chi connectivity index (χ4n) is 4.51. The van der Waals surface area contributed by atoms with Crippen LogP contribution in [0.4, 0.5) is 11.4 Å². The number of hydrogen-bond acceptors (Lipinski definition) is 4. The highest BCUT2D eigenvalue weighted by Crippen LogP contribution is 2.34. The first-order chi connectivity index (χ1) is 14.5. The number of carbonyl (C=O) groups is 1. The lowest BCUT2D eigenvalue weighted by atomic mass is 10.0. The molecule has 1 amide bonds. The van der Waals surface area contributed by atoms with Gasteiger partial charge in [0.05, 0.1) is 6.10 Å². The van der Waals surface area contributed by atoms with Crippen LogP contribution >= 0.6 is 0 Å². The summed E-state index contributed by atoms with van der Waals surface area (Å²) in [5.41, 5.74) is 3.02. The summed E-state index contributed by atoms with van der Waals surface area (Å²) in [6.07, 6.45) is 4.79. The molecule has 2 atom stereocenters. The number of carbonyl (C=O) groups excluding carboxylic acids is 1. The standard InChI is InChI=1S/C25H31N3O2/c1-18(2)30-23-11-4-19(5-12-23)6-13-25(29)26-21-7-9-22(10-8-21)28-15-14-20-16-27(3)17-24(20)28/h4-13,18,20,24H,14-17H2,1-3H3,(H,26,29)/t20-,24+/m0/s1. The molecule has 2 aliphatic rings. The van der Waals surface area contributed by atoms with E-state index in [1.165, 1.54) is 18.7 Å². The largest absolute Gasteiger partial charge is 0.491 e. The lowest BCUT2D eigenvalue weighted by molar-refractivity contribution is -0.111. The van der Waals surface area contributed by atoms with Gasteiger partial charge in [-0.1, -0.05) is 12.1 Å². The number of hydrogen-bond donors (Lipinski definition) is 1. The average Bonchev–Trinajstić information content (AvgIpc) is 3.27. The van der Waals surface area contributed by atoms with Gasteiger partial charge in [0.1, 0.15) is 5.75 Å². The van der Waals surface area contributed by atoms with Crippen molar-refractivity contribution in [2.24, 2.45) is 5.92 Å². The van der Waals surface area contributed by atoms with Crippen LogP contribution in [-0.2, 0) is 4.79 Å². The molecule has 5 nitrogen and oxygen atoms in total. The summed E-state index contributed by atoms with van der Waals surface area (Å²) in [5, 5.41) is 2.94. The molecule has 2 saturated heterocycles. The fourth-order valence-corrected chi connectivity index (χ4v) is 4.51. The van der Waals surface area contributed by atoms with E-state index in [1.807, 2.05) is 56.3 Å². The van der Waals surface area contributed by atoms with Gasteiger partial charge in [-0.25, -0.2) is 0 Å². The minimum atomic E-state index is -0.135. The first kappa shape index (κ1) is 20.5. The molecular weight excluding hydrogens is 374 g/mol. The number of likely N-dealkylation sites (N-methyl/N-ethyl adjacent to an activating group) is 1. The summed E-state index contributed by atoms with van der Waals surface area (Å²) in [6, 6.07) is 16.6. The molecule has 158 valence electrons. The van der Waals surface area contributed by atoms with Crippen LogP contribution in [0.5, 0.6) is 5.75 Å². The number of ether oxygens (including phenoxy) is 1. The Morgan fingerprint density at radius 3 is 2.53 bits per heavy atom. The molecule has 1 N–H and O–H groups in total. The number of nitrogens with zero attached hydrogens (tertiary/aromatic N) is 2. The maximum atomic E-state index is 12.3. The summed E-state index contributed by atoms with van der Waals surface area (Å²) >= 11 is 0. The van der Waals surface area contributed by atoms with Crippen LogP contribution in [-0.4, -0.2) is 49.6 Å². The molecule has 0 bridgehead atoms. The third-order valence-electron chi connectivity index (χ3n) is 5.88. The molecule has 0 saturated carbocycles. The Kier molecular flexibility index (Phi) is 6.09. The summed E-state index contributed by atoms with van der Waals surface area (Å²) in [7, 11) is 2.20. The second kappa shape index (κ2) is 8.92. The van der Waals surface area contributed by atoms with E-state index in [1.54, 1.807) is 6.08 Å². The third-order valence-corrected chi connectivity index (χ3v) is 5.88. The molecule has 0 unspecified atom stereocenters. The Balaban J connectivity index is 1.32. The molecule has 2 fully saturated rings. The van der Waals surface area contributed by atoms with Crippen molar-refractivity contribution in [1.29, 1.82) is 0 Å². The van der Waals surface area contributed by atoms with E-state index in [0.717, 1.165) is 36.0 Å². The first-order valence-corrected chi connectivity index (χ1v) is 10.8. The number of amides is 1. The molecule has 0 spiro atoms. The second-order valence-corrected chi connectivity index (χ2v) is 8.64. The van der Waals surface area contributed by atoms with E-state index >= 15 is 0 Å². The van der Waals surface area contributed by atoms with Crippen molar-refractivity contribution in [2.45, 2.75) is 32.4 Å². The molecule has 2 aromatic rings. The average molecular weight is 406 g/mol. The highest BCUT2D eigenvalue weighted by Gasteiger charge is 2.39. The minimum Gasteiger partial charge on any atom is -0.491 e. The van der Waals surface area contributed by atoms with Gasteiger partial charge in [-0.2, -0.15) is 0 Å². The Morgan fingerprint density at radius 2 is 1.83 bits per heavy atom. The maximum Gasteiger partial charge on any atom is 0.248 e. The predicted octanol–water partition coefficient (Wildman–Crippen LogP) is 4.27. The first-order valence-electron chi connectivity index (χ1n) is 10.8. The summed E-state index contributed by atoms with van der Waals surface area (Å²) in [5.74, 6) is 1.48. The molecule has 0 aromatic heterocycles. The minimum absolute atomic E-state index is 0.135. The van der Waals surface area contributed by atoms with Gasteiger partial charge >= 0.3 is 0 Å². The van der Waals surface area contributed by atoms with Crippen molar-refractivity contribution in [3.8, 4) is 5.75 Å².